The second kappa shape index (κ2) is 3.01. The van der Waals surface area contributed by atoms with E-state index in [2.05, 4.69) is 9.94 Å². The SMILES string of the molecule is FC(F)On1ncc2ccccc21. The normalized spacial score (nSPS) is 11.0. The molecule has 1 heterocycles. The number of alkyl halides is 2. The molecule has 2 rings (SSSR count). The van der Waals surface area contributed by atoms with Crippen LogP contribution in [0.5, 0.6) is 0 Å². The number of hydrogen-bond acceptors (Lipinski definition) is 2. The molecule has 3 nitrogen and oxygen atoms in total. The number of aromatic nitrogens is 2. The molecule has 0 aliphatic heterocycles. The van der Waals surface area contributed by atoms with Crippen molar-refractivity contribution in [1.82, 2.24) is 9.94 Å². The number of rotatable bonds is 2. The van der Waals surface area contributed by atoms with E-state index in [1.54, 1.807) is 24.3 Å². The third-order valence-corrected chi connectivity index (χ3v) is 1.62. The number of halogens is 2. The zero-order valence-electron chi connectivity index (χ0n) is 6.52. The average molecular weight is 184 g/mol. The number of para-hydroxylation sites is 1. The summed E-state index contributed by atoms with van der Waals surface area (Å²) in [6, 6.07) is 6.96. The maximum Gasteiger partial charge on any atom is 0.407 e. The molecule has 0 atom stereocenters. The summed E-state index contributed by atoms with van der Waals surface area (Å²) in [4.78, 5) is 4.96. The van der Waals surface area contributed by atoms with Crippen LogP contribution in [0.4, 0.5) is 8.78 Å². The second-order valence-corrected chi connectivity index (χ2v) is 2.44. The Morgan fingerprint density at radius 1 is 1.31 bits per heavy atom. The molecule has 0 bridgehead atoms. The summed E-state index contributed by atoms with van der Waals surface area (Å²) in [6.07, 6.45) is 1.47. The molecule has 0 saturated heterocycles. The molecule has 1 aromatic carbocycles. The zero-order chi connectivity index (χ0) is 9.26. The lowest BCUT2D eigenvalue weighted by molar-refractivity contribution is -0.139. The lowest BCUT2D eigenvalue weighted by Crippen LogP contribution is -2.17. The maximum absolute atomic E-state index is 11.8. The van der Waals surface area contributed by atoms with Crippen molar-refractivity contribution in [3.05, 3.63) is 30.5 Å². The van der Waals surface area contributed by atoms with Crippen molar-refractivity contribution in [3.8, 4) is 0 Å². The van der Waals surface area contributed by atoms with Gasteiger partial charge in [0.25, 0.3) is 0 Å². The molecular weight excluding hydrogens is 178 g/mol. The van der Waals surface area contributed by atoms with E-state index in [1.807, 2.05) is 0 Å². The first kappa shape index (κ1) is 7.97. The Morgan fingerprint density at radius 3 is 2.85 bits per heavy atom. The van der Waals surface area contributed by atoms with Crippen molar-refractivity contribution in [2.45, 2.75) is 6.61 Å². The van der Waals surface area contributed by atoms with Crippen LogP contribution in [0, 0.1) is 0 Å². The van der Waals surface area contributed by atoms with Crippen molar-refractivity contribution in [3.63, 3.8) is 0 Å². The Morgan fingerprint density at radius 2 is 2.08 bits per heavy atom. The van der Waals surface area contributed by atoms with E-state index in [1.165, 1.54) is 6.20 Å². The first-order valence-corrected chi connectivity index (χ1v) is 3.65. The summed E-state index contributed by atoms with van der Waals surface area (Å²) in [6.45, 7) is -2.86. The highest BCUT2D eigenvalue weighted by Crippen LogP contribution is 2.11. The Kier molecular flexibility index (Phi) is 1.84. The van der Waals surface area contributed by atoms with Crippen LogP contribution in [0.2, 0.25) is 0 Å². The average Bonchev–Trinajstić information content (AvgIpc) is 2.48. The predicted octanol–water partition coefficient (Wildman–Crippen LogP) is 1.69. The first-order valence-electron chi connectivity index (χ1n) is 3.65. The van der Waals surface area contributed by atoms with E-state index in [0.29, 0.717) is 5.52 Å². The molecule has 0 aliphatic rings. The van der Waals surface area contributed by atoms with E-state index < -0.39 is 6.61 Å². The number of hydrogen-bond donors (Lipinski definition) is 0. The van der Waals surface area contributed by atoms with Gasteiger partial charge in [-0.25, -0.2) is 0 Å². The lowest BCUT2D eigenvalue weighted by Gasteiger charge is -2.02. The van der Waals surface area contributed by atoms with Gasteiger partial charge in [0.1, 0.15) is 5.52 Å². The van der Waals surface area contributed by atoms with Crippen molar-refractivity contribution in [2.24, 2.45) is 0 Å². The molecule has 68 valence electrons. The minimum Gasteiger partial charge on any atom is -0.326 e. The molecule has 0 aliphatic carbocycles. The Bertz CT molecular complexity index is 413. The van der Waals surface area contributed by atoms with E-state index in [4.69, 9.17) is 0 Å². The van der Waals surface area contributed by atoms with E-state index in [0.717, 1.165) is 10.2 Å². The van der Waals surface area contributed by atoms with Crippen molar-refractivity contribution in [1.29, 1.82) is 0 Å². The van der Waals surface area contributed by atoms with Crippen LogP contribution in [0.1, 0.15) is 0 Å². The summed E-state index contributed by atoms with van der Waals surface area (Å²) >= 11 is 0. The van der Waals surface area contributed by atoms with Crippen molar-refractivity contribution in [2.75, 3.05) is 0 Å². The third-order valence-electron chi connectivity index (χ3n) is 1.62. The van der Waals surface area contributed by atoms with Gasteiger partial charge in [0.05, 0.1) is 6.20 Å². The predicted molar refractivity (Wildman–Crippen MR) is 42.3 cm³/mol. The molecular formula is C8H6F2N2O. The Balaban J connectivity index is 2.46. The Labute approximate surface area is 72.5 Å². The highest BCUT2D eigenvalue weighted by atomic mass is 19.3. The second-order valence-electron chi connectivity index (χ2n) is 2.44. The van der Waals surface area contributed by atoms with Gasteiger partial charge in [0, 0.05) is 5.39 Å². The monoisotopic (exact) mass is 184 g/mol. The van der Waals surface area contributed by atoms with E-state index in [-0.39, 0.29) is 0 Å². The largest absolute Gasteiger partial charge is 0.407 e. The summed E-state index contributed by atoms with van der Waals surface area (Å²) in [5.74, 6) is 0. The third kappa shape index (κ3) is 1.44. The fourth-order valence-electron chi connectivity index (χ4n) is 1.11. The minimum atomic E-state index is -2.86. The molecule has 0 radical (unpaired) electrons. The van der Waals surface area contributed by atoms with E-state index in [9.17, 15) is 8.78 Å². The maximum atomic E-state index is 11.8. The lowest BCUT2D eigenvalue weighted by atomic mass is 10.3. The minimum absolute atomic E-state index is 0.530. The number of fused-ring (bicyclic) bond motifs is 1. The van der Waals surface area contributed by atoms with E-state index >= 15 is 0 Å². The van der Waals surface area contributed by atoms with Gasteiger partial charge < -0.3 is 4.84 Å². The van der Waals surface area contributed by atoms with Crippen LogP contribution in [0.3, 0.4) is 0 Å². The van der Waals surface area contributed by atoms with Crippen molar-refractivity contribution >= 4 is 10.9 Å². The summed E-state index contributed by atoms with van der Waals surface area (Å²) < 4.78 is 23.7. The molecule has 0 N–H and O–H groups in total. The van der Waals surface area contributed by atoms with Gasteiger partial charge in [-0.15, -0.1) is 5.10 Å². The fraction of sp³-hybridized carbons (Fsp3) is 0.125. The van der Waals surface area contributed by atoms with Gasteiger partial charge in [-0.05, 0) is 6.07 Å². The highest BCUT2D eigenvalue weighted by molar-refractivity contribution is 5.77. The molecule has 0 saturated carbocycles. The molecule has 13 heavy (non-hydrogen) atoms. The topological polar surface area (TPSA) is 27.1 Å². The molecule has 0 fully saturated rings. The molecule has 0 spiro atoms. The van der Waals surface area contributed by atoms with Gasteiger partial charge in [0.2, 0.25) is 0 Å². The van der Waals surface area contributed by atoms with Gasteiger partial charge in [-0.3, -0.25) is 0 Å². The number of nitrogens with zero attached hydrogens (tertiary/aromatic N) is 2. The molecule has 5 heteroatoms. The standard InChI is InChI=1S/C8H6F2N2O/c9-8(10)13-12-7-4-2-1-3-6(7)5-11-12/h1-5,8H. The van der Waals surface area contributed by atoms with Crippen LogP contribution in [0.25, 0.3) is 10.9 Å². The van der Waals surface area contributed by atoms with Gasteiger partial charge >= 0.3 is 6.61 Å². The summed E-state index contributed by atoms with van der Waals surface area (Å²) in [7, 11) is 0. The van der Waals surface area contributed by atoms with Crippen LogP contribution >= 0.6 is 0 Å². The summed E-state index contributed by atoms with van der Waals surface area (Å²) in [5.41, 5.74) is 0.530. The molecule has 1 aromatic heterocycles. The van der Waals surface area contributed by atoms with Crippen LogP contribution in [-0.4, -0.2) is 16.6 Å². The zero-order valence-corrected chi connectivity index (χ0v) is 6.52. The van der Waals surface area contributed by atoms with Gasteiger partial charge in [0.15, 0.2) is 0 Å². The Hall–Kier alpha value is -1.65. The van der Waals surface area contributed by atoms with Gasteiger partial charge in [-0.1, -0.05) is 23.0 Å². The highest BCUT2D eigenvalue weighted by Gasteiger charge is 2.07. The van der Waals surface area contributed by atoms with Crippen LogP contribution < -0.4 is 4.84 Å². The molecule has 2 aromatic rings. The fourth-order valence-corrected chi connectivity index (χ4v) is 1.11. The number of benzene rings is 1. The summed E-state index contributed by atoms with van der Waals surface area (Å²) in [5, 5.41) is 4.42. The van der Waals surface area contributed by atoms with Gasteiger partial charge in [-0.2, -0.15) is 8.78 Å². The van der Waals surface area contributed by atoms with Crippen molar-refractivity contribution < 1.29 is 13.6 Å². The molecule has 0 amide bonds. The van der Waals surface area contributed by atoms with Crippen LogP contribution in [-0.2, 0) is 0 Å². The van der Waals surface area contributed by atoms with Crippen LogP contribution in [0.15, 0.2) is 30.5 Å². The quantitative estimate of drug-likeness (QED) is 0.710. The smallest absolute Gasteiger partial charge is 0.326 e. The molecule has 0 unspecified atom stereocenters. The first-order chi connectivity index (χ1) is 6.27.